The molecule has 332 valence electrons. The molecule has 0 spiro atoms. The highest BCUT2D eigenvalue weighted by molar-refractivity contribution is 6.67. The van der Waals surface area contributed by atoms with Crippen LogP contribution < -0.4 is 11.1 Å². The fourth-order valence-electron chi connectivity index (χ4n) is 9.23. The number of allylic oxidation sites excluding steroid dienone is 4. The lowest BCUT2D eigenvalue weighted by Crippen LogP contribution is -2.14. The Bertz CT molecular complexity index is 2370. The second kappa shape index (κ2) is 25.7. The predicted molar refractivity (Wildman–Crippen MR) is 255 cm³/mol. The van der Waals surface area contributed by atoms with Crippen molar-refractivity contribution >= 4 is 115 Å². The van der Waals surface area contributed by atoms with Crippen molar-refractivity contribution in [3.8, 4) is 0 Å². The summed E-state index contributed by atoms with van der Waals surface area (Å²) in [7, 11) is 0. The van der Waals surface area contributed by atoms with Gasteiger partial charge in [0.1, 0.15) is 5.88 Å². The fraction of sp³-hybridized carbons (Fsp3) is 0.360. The van der Waals surface area contributed by atoms with Gasteiger partial charge in [-0.05, 0) is 145 Å². The second-order valence-corrected chi connectivity index (χ2v) is 17.7. The van der Waals surface area contributed by atoms with E-state index in [4.69, 9.17) is 82.9 Å². The quantitative estimate of drug-likeness (QED) is 0.107. The van der Waals surface area contributed by atoms with Crippen molar-refractivity contribution in [2.75, 3.05) is 22.8 Å². The molecule has 63 heavy (non-hydrogen) atoms. The van der Waals surface area contributed by atoms with E-state index in [1.807, 2.05) is 30.3 Å². The number of rotatable bonds is 7. The molecule has 8 rings (SSSR count). The SMILES string of the molecule is Cc1ccc2c(c1)CC(c1ccc(Cl)cc1N)=C2C1CCCCC1.Cc1ccc2c(c1)CC(c1ccc(Cl)cc1NC(=O)CCl)=C2C1CCCCC1.O=C(Cl)CCl.O=C=O.O=C=O. The maximum absolute atomic E-state index is 12.0. The lowest BCUT2D eigenvalue weighted by Gasteiger charge is -2.26. The van der Waals surface area contributed by atoms with Gasteiger partial charge in [-0.2, -0.15) is 19.2 Å². The first-order valence-corrected chi connectivity index (χ1v) is 23.1. The molecule has 0 heterocycles. The van der Waals surface area contributed by atoms with Crippen LogP contribution in [0.25, 0.3) is 22.3 Å². The van der Waals surface area contributed by atoms with Crippen LogP contribution in [-0.2, 0) is 41.6 Å². The Labute approximate surface area is 394 Å². The number of alkyl halides is 2. The van der Waals surface area contributed by atoms with Crippen LogP contribution in [0.3, 0.4) is 0 Å². The standard InChI is InChI=1S/C24H25Cl2NO.C22H24ClN.C2H2Cl2O.2CO2/c1-15-7-9-19-17(11-15)12-21(24(19)16-5-3-2-4-6-16)20-10-8-18(26)13-22(20)27-23(28)14-25;1-14-7-9-18-16(11-14)12-20(19-10-8-17(23)13-21(19)24)22(18)15-5-3-2-4-6-15;3-1-2(4)5;2*2-1-3/h7-11,13,16H,2-6,12,14H2,1H3,(H,27,28);7-11,13,15H,2-6,12,24H2,1H3;1H2;;. The summed E-state index contributed by atoms with van der Waals surface area (Å²) in [5, 5.41) is 3.76. The number of benzene rings is 4. The van der Waals surface area contributed by atoms with Gasteiger partial charge in [0.15, 0.2) is 0 Å². The average molecular weight is 953 g/mol. The Hall–Kier alpha value is -4.49. The Balaban J connectivity index is 0.000000226. The van der Waals surface area contributed by atoms with Gasteiger partial charge in [0.2, 0.25) is 11.1 Å². The number of nitrogen functional groups attached to an aromatic ring is 1. The lowest BCUT2D eigenvalue weighted by atomic mass is 9.79. The Morgan fingerprint density at radius 3 is 1.41 bits per heavy atom. The Morgan fingerprint density at radius 2 is 1.00 bits per heavy atom. The van der Waals surface area contributed by atoms with Crippen molar-refractivity contribution < 1.29 is 28.8 Å². The summed E-state index contributed by atoms with van der Waals surface area (Å²) in [5.41, 5.74) is 24.2. The molecule has 4 aromatic carbocycles. The van der Waals surface area contributed by atoms with Gasteiger partial charge in [-0.1, -0.05) is 121 Å². The Morgan fingerprint density at radius 1 is 0.603 bits per heavy atom. The summed E-state index contributed by atoms with van der Waals surface area (Å²) < 4.78 is 0. The molecule has 4 aliphatic rings. The van der Waals surface area contributed by atoms with Gasteiger partial charge in [-0.25, -0.2) is 0 Å². The predicted octanol–water partition coefficient (Wildman–Crippen LogP) is 13.0. The van der Waals surface area contributed by atoms with Crippen molar-refractivity contribution in [2.24, 2.45) is 11.8 Å². The van der Waals surface area contributed by atoms with E-state index in [-0.39, 0.29) is 30.0 Å². The van der Waals surface area contributed by atoms with E-state index in [1.54, 1.807) is 5.57 Å². The van der Waals surface area contributed by atoms with Crippen molar-refractivity contribution in [3.05, 3.63) is 127 Å². The van der Waals surface area contributed by atoms with Gasteiger partial charge in [-0.3, -0.25) is 9.59 Å². The summed E-state index contributed by atoms with van der Waals surface area (Å²) in [5.74, 6) is 0.880. The summed E-state index contributed by atoms with van der Waals surface area (Å²) in [6.45, 7) is 4.32. The number of carbonyl (C=O) groups is 2. The van der Waals surface area contributed by atoms with E-state index in [1.165, 1.54) is 120 Å². The molecule has 1 amide bonds. The number of amides is 1. The molecule has 0 unspecified atom stereocenters. The van der Waals surface area contributed by atoms with E-state index >= 15 is 0 Å². The van der Waals surface area contributed by atoms with Crippen LogP contribution in [0.1, 0.15) is 109 Å². The van der Waals surface area contributed by atoms with E-state index in [0.29, 0.717) is 21.9 Å². The molecule has 0 aromatic heterocycles. The van der Waals surface area contributed by atoms with Gasteiger partial charge in [0.25, 0.3) is 0 Å². The largest absolute Gasteiger partial charge is 0.398 e. The molecule has 2 saturated carbocycles. The molecule has 8 nitrogen and oxygen atoms in total. The summed E-state index contributed by atoms with van der Waals surface area (Å²) in [6, 6.07) is 25.5. The zero-order valence-corrected chi connectivity index (χ0v) is 39.2. The molecule has 4 aromatic rings. The molecule has 4 aliphatic carbocycles. The zero-order valence-electron chi connectivity index (χ0n) is 35.4. The van der Waals surface area contributed by atoms with E-state index < -0.39 is 5.24 Å². The minimum atomic E-state index is -0.508. The van der Waals surface area contributed by atoms with Crippen molar-refractivity contribution in [3.63, 3.8) is 0 Å². The highest BCUT2D eigenvalue weighted by Crippen LogP contribution is 2.50. The maximum Gasteiger partial charge on any atom is 0.373 e. The number of nitrogens with two attached hydrogens (primary N) is 1. The maximum atomic E-state index is 12.0. The average Bonchev–Trinajstić information content (AvgIpc) is 3.83. The van der Waals surface area contributed by atoms with Crippen LogP contribution in [0.15, 0.2) is 72.8 Å². The van der Waals surface area contributed by atoms with E-state index in [0.717, 1.165) is 29.8 Å². The second-order valence-electron chi connectivity index (χ2n) is 15.9. The van der Waals surface area contributed by atoms with Crippen LogP contribution >= 0.6 is 58.0 Å². The molecule has 2 fully saturated rings. The Kier molecular flexibility index (Phi) is 20.9. The first kappa shape index (κ1) is 51.1. The summed E-state index contributed by atoms with van der Waals surface area (Å²) in [6.07, 6.45) is 15.5. The summed E-state index contributed by atoms with van der Waals surface area (Å²) in [4.78, 5) is 53.9. The topological polar surface area (TPSA) is 140 Å². The highest BCUT2D eigenvalue weighted by atomic mass is 35.5. The van der Waals surface area contributed by atoms with Gasteiger partial charge in [-0.15, -0.1) is 23.2 Å². The molecule has 3 N–H and O–H groups in total. The molecule has 0 radical (unpaired) electrons. The monoisotopic (exact) mass is 950 g/mol. The molecule has 0 atom stereocenters. The summed E-state index contributed by atoms with van der Waals surface area (Å²) >= 11 is 27.7. The third kappa shape index (κ3) is 14.3. The van der Waals surface area contributed by atoms with Crippen molar-refractivity contribution in [1.82, 2.24) is 0 Å². The van der Waals surface area contributed by atoms with E-state index in [2.05, 4.69) is 61.6 Å². The fourth-order valence-corrected chi connectivity index (χ4v) is 9.65. The van der Waals surface area contributed by atoms with Gasteiger partial charge >= 0.3 is 12.3 Å². The number of hydrogen-bond donors (Lipinski definition) is 2. The minimum Gasteiger partial charge on any atom is -0.398 e. The van der Waals surface area contributed by atoms with Crippen LogP contribution in [0.4, 0.5) is 11.4 Å². The third-order valence-corrected chi connectivity index (χ3v) is 12.9. The molecule has 0 aliphatic heterocycles. The highest BCUT2D eigenvalue weighted by Gasteiger charge is 2.32. The normalized spacial score (nSPS) is 15.3. The lowest BCUT2D eigenvalue weighted by molar-refractivity contribution is -0.193. The molecule has 13 heteroatoms. The number of anilines is 2. The van der Waals surface area contributed by atoms with Gasteiger partial charge < -0.3 is 11.1 Å². The van der Waals surface area contributed by atoms with Crippen molar-refractivity contribution in [1.29, 1.82) is 0 Å². The molecule has 0 bridgehead atoms. The number of hydrogen-bond acceptors (Lipinski definition) is 7. The minimum absolute atomic E-state index is 0.0695. The number of fused-ring (bicyclic) bond motifs is 2. The number of nitrogens with one attached hydrogen (secondary N) is 1. The molecular weight excluding hydrogens is 902 g/mol. The number of carbonyl (C=O) groups excluding carboxylic acids is 6. The van der Waals surface area contributed by atoms with Crippen LogP contribution in [0.2, 0.25) is 10.0 Å². The van der Waals surface area contributed by atoms with Crippen molar-refractivity contribution in [2.45, 2.75) is 90.9 Å². The van der Waals surface area contributed by atoms with Crippen LogP contribution in [0.5, 0.6) is 0 Å². The molecular formula is C50H51Cl5N2O6. The molecule has 0 saturated heterocycles. The van der Waals surface area contributed by atoms with E-state index in [9.17, 15) is 9.59 Å². The van der Waals surface area contributed by atoms with Crippen LogP contribution in [-0.4, -0.2) is 35.2 Å². The third-order valence-electron chi connectivity index (χ3n) is 11.7. The number of aryl methyl sites for hydroxylation is 2. The first-order chi connectivity index (χ1) is 30.3. The smallest absolute Gasteiger partial charge is 0.373 e. The first-order valence-electron chi connectivity index (χ1n) is 20.9. The van der Waals surface area contributed by atoms with Gasteiger partial charge in [0.05, 0.1) is 5.88 Å². The van der Waals surface area contributed by atoms with Gasteiger partial charge in [0, 0.05) is 32.5 Å². The van der Waals surface area contributed by atoms with Crippen LogP contribution in [0, 0.1) is 25.7 Å². The zero-order chi connectivity index (χ0) is 46.1. The number of halogens is 5.